The summed E-state index contributed by atoms with van der Waals surface area (Å²) in [7, 11) is 0. The number of nitrogen functional groups attached to an aromatic ring is 1. The Morgan fingerprint density at radius 3 is 2.88 bits per heavy atom. The van der Waals surface area contributed by atoms with Crippen molar-refractivity contribution in [2.75, 3.05) is 17.7 Å². The molecule has 3 nitrogen and oxygen atoms in total. The summed E-state index contributed by atoms with van der Waals surface area (Å²) in [5.74, 6) is 0. The van der Waals surface area contributed by atoms with Gasteiger partial charge in [0.15, 0.2) is 0 Å². The summed E-state index contributed by atoms with van der Waals surface area (Å²) in [5.41, 5.74) is 7.42. The van der Waals surface area contributed by atoms with Crippen LogP contribution in [0, 0.1) is 0 Å². The summed E-state index contributed by atoms with van der Waals surface area (Å²) in [6.45, 7) is 2.80. The van der Waals surface area contributed by atoms with E-state index in [0.717, 1.165) is 25.1 Å². The van der Waals surface area contributed by atoms with Gasteiger partial charge in [-0.15, -0.1) is 0 Å². The maximum atomic E-state index is 6.08. The first kappa shape index (κ1) is 11.6. The Morgan fingerprint density at radius 2 is 2.25 bits per heavy atom. The molecule has 0 aromatic heterocycles. The molecule has 0 bridgehead atoms. The first-order chi connectivity index (χ1) is 7.70. The van der Waals surface area contributed by atoms with Crippen molar-refractivity contribution < 1.29 is 4.74 Å². The van der Waals surface area contributed by atoms with Gasteiger partial charge in [-0.1, -0.05) is 17.7 Å². The van der Waals surface area contributed by atoms with E-state index in [1.165, 1.54) is 0 Å². The lowest BCUT2D eigenvalue weighted by Gasteiger charge is -2.36. The summed E-state index contributed by atoms with van der Waals surface area (Å²) in [4.78, 5) is 0. The van der Waals surface area contributed by atoms with Crippen molar-refractivity contribution in [2.24, 2.45) is 0 Å². The lowest BCUT2D eigenvalue weighted by atomic mass is 9.89. The molecule has 1 saturated carbocycles. The van der Waals surface area contributed by atoms with Gasteiger partial charge in [0.05, 0.1) is 22.5 Å². The van der Waals surface area contributed by atoms with Gasteiger partial charge in [0.1, 0.15) is 0 Å². The molecule has 88 valence electrons. The zero-order valence-electron chi connectivity index (χ0n) is 9.37. The SMILES string of the molecule is CCOC1CC(Nc2c(N)cccc2Cl)C1. The van der Waals surface area contributed by atoms with Gasteiger partial charge in [-0.05, 0) is 31.9 Å². The number of para-hydroxylation sites is 1. The molecule has 1 aromatic rings. The number of rotatable bonds is 4. The van der Waals surface area contributed by atoms with Crippen molar-refractivity contribution in [3.63, 3.8) is 0 Å². The second-order valence-electron chi connectivity index (χ2n) is 4.09. The Hall–Kier alpha value is -0.930. The van der Waals surface area contributed by atoms with Crippen molar-refractivity contribution in [2.45, 2.75) is 31.9 Å². The number of anilines is 2. The minimum Gasteiger partial charge on any atom is -0.397 e. The van der Waals surface area contributed by atoms with Gasteiger partial charge in [0.25, 0.3) is 0 Å². The summed E-state index contributed by atoms with van der Waals surface area (Å²) in [6, 6.07) is 5.98. The zero-order valence-corrected chi connectivity index (χ0v) is 10.1. The average molecular weight is 241 g/mol. The van der Waals surface area contributed by atoms with Crippen LogP contribution in [0.2, 0.25) is 5.02 Å². The monoisotopic (exact) mass is 240 g/mol. The van der Waals surface area contributed by atoms with Crippen molar-refractivity contribution in [1.29, 1.82) is 0 Å². The predicted octanol–water partition coefficient (Wildman–Crippen LogP) is 2.90. The molecule has 0 atom stereocenters. The molecule has 1 aliphatic rings. The Labute approximate surface area is 101 Å². The minimum atomic E-state index is 0.395. The Balaban J connectivity index is 1.91. The van der Waals surface area contributed by atoms with Gasteiger partial charge in [-0.3, -0.25) is 0 Å². The highest BCUT2D eigenvalue weighted by Gasteiger charge is 2.30. The average Bonchev–Trinajstić information content (AvgIpc) is 2.19. The molecular weight excluding hydrogens is 224 g/mol. The van der Waals surface area contributed by atoms with Gasteiger partial charge in [-0.2, -0.15) is 0 Å². The summed E-state index contributed by atoms with van der Waals surface area (Å²) >= 11 is 6.08. The van der Waals surface area contributed by atoms with Crippen molar-refractivity contribution in [3.05, 3.63) is 23.2 Å². The number of ether oxygens (including phenoxy) is 1. The largest absolute Gasteiger partial charge is 0.397 e. The molecule has 0 amide bonds. The molecule has 4 heteroatoms. The molecule has 16 heavy (non-hydrogen) atoms. The number of hydrogen-bond acceptors (Lipinski definition) is 3. The topological polar surface area (TPSA) is 47.3 Å². The van der Waals surface area contributed by atoms with Gasteiger partial charge >= 0.3 is 0 Å². The van der Waals surface area contributed by atoms with E-state index in [2.05, 4.69) is 5.32 Å². The smallest absolute Gasteiger partial charge is 0.0765 e. The standard InChI is InChI=1S/C12H17ClN2O/c1-2-16-9-6-8(7-9)15-12-10(13)4-3-5-11(12)14/h3-5,8-9,15H,2,6-7,14H2,1H3. The molecule has 0 radical (unpaired) electrons. The van der Waals surface area contributed by atoms with Gasteiger partial charge in [0.2, 0.25) is 0 Å². The van der Waals surface area contributed by atoms with Crippen LogP contribution in [-0.4, -0.2) is 18.8 Å². The molecule has 0 spiro atoms. The van der Waals surface area contributed by atoms with E-state index in [9.17, 15) is 0 Å². The van der Waals surface area contributed by atoms with Crippen molar-refractivity contribution in [1.82, 2.24) is 0 Å². The summed E-state index contributed by atoms with van der Waals surface area (Å²) in [6.07, 6.45) is 2.45. The fourth-order valence-electron chi connectivity index (χ4n) is 1.95. The van der Waals surface area contributed by atoms with Crippen LogP contribution in [0.25, 0.3) is 0 Å². The number of hydrogen-bond donors (Lipinski definition) is 2. The van der Waals surface area contributed by atoms with Gasteiger partial charge < -0.3 is 15.8 Å². The summed E-state index contributed by atoms with van der Waals surface area (Å²) < 4.78 is 5.50. The Kier molecular flexibility index (Phi) is 3.56. The second kappa shape index (κ2) is 4.93. The van der Waals surface area contributed by atoms with Crippen LogP contribution in [0.5, 0.6) is 0 Å². The lowest BCUT2D eigenvalue weighted by molar-refractivity contribution is 0.00300. The van der Waals surface area contributed by atoms with E-state index in [1.807, 2.05) is 25.1 Å². The molecule has 1 fully saturated rings. The van der Waals surface area contributed by atoms with E-state index in [4.69, 9.17) is 22.1 Å². The number of nitrogens with two attached hydrogens (primary N) is 1. The van der Waals surface area contributed by atoms with E-state index >= 15 is 0 Å². The Bertz CT molecular complexity index is 344. The lowest BCUT2D eigenvalue weighted by Crippen LogP contribution is -2.41. The fourth-order valence-corrected chi connectivity index (χ4v) is 2.19. The highest BCUT2D eigenvalue weighted by atomic mass is 35.5. The van der Waals surface area contributed by atoms with E-state index in [1.54, 1.807) is 0 Å². The number of nitrogens with one attached hydrogen (secondary N) is 1. The maximum Gasteiger partial charge on any atom is 0.0765 e. The molecular formula is C12H17ClN2O. The third-order valence-corrected chi connectivity index (χ3v) is 3.21. The highest BCUT2D eigenvalue weighted by Crippen LogP contribution is 2.33. The van der Waals surface area contributed by atoms with Gasteiger partial charge in [-0.25, -0.2) is 0 Å². The van der Waals surface area contributed by atoms with Crippen LogP contribution in [0.15, 0.2) is 18.2 Å². The molecule has 1 aliphatic carbocycles. The third kappa shape index (κ3) is 2.42. The molecule has 3 N–H and O–H groups in total. The zero-order chi connectivity index (χ0) is 11.5. The van der Waals surface area contributed by atoms with E-state index < -0.39 is 0 Å². The quantitative estimate of drug-likeness (QED) is 0.796. The van der Waals surface area contributed by atoms with Crippen LogP contribution >= 0.6 is 11.6 Å². The van der Waals surface area contributed by atoms with E-state index in [0.29, 0.717) is 22.9 Å². The number of benzene rings is 1. The van der Waals surface area contributed by atoms with Gasteiger partial charge in [0, 0.05) is 12.6 Å². The van der Waals surface area contributed by atoms with E-state index in [-0.39, 0.29) is 0 Å². The number of halogens is 1. The predicted molar refractivity (Wildman–Crippen MR) is 67.9 cm³/mol. The van der Waals surface area contributed by atoms with Crippen LogP contribution in [0.1, 0.15) is 19.8 Å². The van der Waals surface area contributed by atoms with Crippen LogP contribution in [-0.2, 0) is 4.74 Å². The second-order valence-corrected chi connectivity index (χ2v) is 4.50. The molecule has 0 unspecified atom stereocenters. The van der Waals surface area contributed by atoms with Crippen molar-refractivity contribution >= 4 is 23.0 Å². The molecule has 1 aromatic carbocycles. The molecule has 0 heterocycles. The fraction of sp³-hybridized carbons (Fsp3) is 0.500. The van der Waals surface area contributed by atoms with Crippen molar-refractivity contribution in [3.8, 4) is 0 Å². The first-order valence-electron chi connectivity index (χ1n) is 5.62. The minimum absolute atomic E-state index is 0.395. The maximum absolute atomic E-state index is 6.08. The van der Waals surface area contributed by atoms with Crippen LogP contribution < -0.4 is 11.1 Å². The molecule has 0 saturated heterocycles. The summed E-state index contributed by atoms with van der Waals surface area (Å²) in [5, 5.41) is 4.05. The van der Waals surface area contributed by atoms with Crippen LogP contribution in [0.4, 0.5) is 11.4 Å². The molecule has 0 aliphatic heterocycles. The first-order valence-corrected chi connectivity index (χ1v) is 6.00. The van der Waals surface area contributed by atoms with Crippen LogP contribution in [0.3, 0.4) is 0 Å². The third-order valence-electron chi connectivity index (χ3n) is 2.89. The normalized spacial score (nSPS) is 23.9. The Morgan fingerprint density at radius 1 is 1.50 bits per heavy atom. The highest BCUT2D eigenvalue weighted by molar-refractivity contribution is 6.33. The molecule has 2 rings (SSSR count).